The summed E-state index contributed by atoms with van der Waals surface area (Å²) in [6.07, 6.45) is 0.760. The topological polar surface area (TPSA) is 50.7 Å². The number of ether oxygens (including phenoxy) is 2. The molecular weight excluding hydrogens is 302 g/mol. The third kappa shape index (κ3) is 5.87. The number of aliphatic hydroxyl groups excluding tert-OH is 1. The Kier molecular flexibility index (Phi) is 7.59. The van der Waals surface area contributed by atoms with Crippen LogP contribution in [0.25, 0.3) is 0 Å². The van der Waals surface area contributed by atoms with Crippen molar-refractivity contribution in [3.63, 3.8) is 0 Å². The molecule has 0 heterocycles. The van der Waals surface area contributed by atoms with Crippen LogP contribution in [0.2, 0.25) is 0 Å². The minimum atomic E-state index is 0.211. The summed E-state index contributed by atoms with van der Waals surface area (Å²) in [5, 5.41) is 12.1. The van der Waals surface area contributed by atoms with Gasteiger partial charge in [-0.3, -0.25) is 0 Å². The van der Waals surface area contributed by atoms with Crippen molar-refractivity contribution in [2.24, 2.45) is 0 Å². The van der Waals surface area contributed by atoms with Crippen molar-refractivity contribution in [1.29, 1.82) is 0 Å². The smallest absolute Gasteiger partial charge is 0.161 e. The van der Waals surface area contributed by atoms with Gasteiger partial charge in [0.05, 0.1) is 6.61 Å². The predicted octanol–water partition coefficient (Wildman–Crippen LogP) is 3.44. The summed E-state index contributed by atoms with van der Waals surface area (Å²) >= 11 is 0. The van der Waals surface area contributed by atoms with Crippen LogP contribution < -0.4 is 14.8 Å². The van der Waals surface area contributed by atoms with Crippen molar-refractivity contribution >= 4 is 0 Å². The zero-order valence-electron chi connectivity index (χ0n) is 14.5. The molecule has 2 aromatic carbocycles. The van der Waals surface area contributed by atoms with Crippen LogP contribution >= 0.6 is 0 Å². The number of hydrogen-bond acceptors (Lipinski definition) is 4. The molecule has 2 aromatic rings. The summed E-state index contributed by atoms with van der Waals surface area (Å²) in [5.41, 5.74) is 3.51. The lowest BCUT2D eigenvalue weighted by Crippen LogP contribution is -2.15. The SMILES string of the molecule is CCOc1cc(CNCCCO)ccc1OCc1cccc(C)c1. The molecule has 0 fully saturated rings. The maximum atomic E-state index is 8.81. The molecular formula is C20H27NO3. The van der Waals surface area contributed by atoms with Gasteiger partial charge in [-0.25, -0.2) is 0 Å². The molecule has 0 aliphatic heterocycles. The summed E-state index contributed by atoms with van der Waals surface area (Å²) in [6.45, 7) is 6.93. The van der Waals surface area contributed by atoms with Gasteiger partial charge < -0.3 is 19.9 Å². The molecule has 0 unspecified atom stereocenters. The van der Waals surface area contributed by atoms with E-state index in [9.17, 15) is 0 Å². The van der Waals surface area contributed by atoms with E-state index in [0.717, 1.165) is 42.1 Å². The van der Waals surface area contributed by atoms with E-state index in [1.807, 2.05) is 31.2 Å². The second-order valence-electron chi connectivity index (χ2n) is 5.75. The molecule has 0 saturated heterocycles. The highest BCUT2D eigenvalue weighted by Crippen LogP contribution is 2.29. The van der Waals surface area contributed by atoms with E-state index in [1.165, 1.54) is 5.56 Å². The lowest BCUT2D eigenvalue weighted by atomic mass is 10.1. The maximum Gasteiger partial charge on any atom is 0.161 e. The van der Waals surface area contributed by atoms with Gasteiger partial charge in [-0.05, 0) is 50.1 Å². The van der Waals surface area contributed by atoms with E-state index in [2.05, 4.69) is 30.4 Å². The zero-order chi connectivity index (χ0) is 17.2. The van der Waals surface area contributed by atoms with Crippen molar-refractivity contribution < 1.29 is 14.6 Å². The molecule has 0 aromatic heterocycles. The molecule has 2 rings (SSSR count). The average Bonchev–Trinajstić information content (AvgIpc) is 2.58. The van der Waals surface area contributed by atoms with Crippen molar-refractivity contribution in [2.45, 2.75) is 33.4 Å². The van der Waals surface area contributed by atoms with Gasteiger partial charge in [0.15, 0.2) is 11.5 Å². The Morgan fingerprint density at radius 1 is 1.00 bits per heavy atom. The highest BCUT2D eigenvalue weighted by molar-refractivity contribution is 5.43. The predicted molar refractivity (Wildman–Crippen MR) is 96.5 cm³/mol. The third-order valence-electron chi connectivity index (χ3n) is 3.63. The second-order valence-corrected chi connectivity index (χ2v) is 5.75. The van der Waals surface area contributed by atoms with Gasteiger partial charge in [-0.1, -0.05) is 35.9 Å². The molecule has 0 aliphatic carbocycles. The number of aryl methyl sites for hydroxylation is 1. The zero-order valence-corrected chi connectivity index (χ0v) is 14.5. The summed E-state index contributed by atoms with van der Waals surface area (Å²) in [5.74, 6) is 1.53. The maximum absolute atomic E-state index is 8.81. The summed E-state index contributed by atoms with van der Waals surface area (Å²) in [6, 6.07) is 14.3. The number of benzene rings is 2. The van der Waals surface area contributed by atoms with Crippen LogP contribution in [0.1, 0.15) is 30.0 Å². The molecule has 0 radical (unpaired) electrons. The lowest BCUT2D eigenvalue weighted by Gasteiger charge is -2.14. The Morgan fingerprint density at radius 3 is 2.62 bits per heavy atom. The van der Waals surface area contributed by atoms with Crippen LogP contribution in [0.3, 0.4) is 0 Å². The Hall–Kier alpha value is -2.04. The highest BCUT2D eigenvalue weighted by Gasteiger charge is 2.07. The fraction of sp³-hybridized carbons (Fsp3) is 0.400. The van der Waals surface area contributed by atoms with Crippen molar-refractivity contribution in [2.75, 3.05) is 19.8 Å². The van der Waals surface area contributed by atoms with E-state index in [4.69, 9.17) is 14.6 Å². The van der Waals surface area contributed by atoms with Gasteiger partial charge in [0.1, 0.15) is 6.61 Å². The van der Waals surface area contributed by atoms with Crippen molar-refractivity contribution in [3.8, 4) is 11.5 Å². The molecule has 0 aliphatic rings. The number of nitrogens with one attached hydrogen (secondary N) is 1. The average molecular weight is 329 g/mol. The highest BCUT2D eigenvalue weighted by atomic mass is 16.5. The molecule has 2 N–H and O–H groups in total. The van der Waals surface area contributed by atoms with Crippen LogP contribution in [0.5, 0.6) is 11.5 Å². The first-order chi connectivity index (χ1) is 11.7. The van der Waals surface area contributed by atoms with Crippen LogP contribution in [-0.4, -0.2) is 24.9 Å². The van der Waals surface area contributed by atoms with Crippen molar-refractivity contribution in [1.82, 2.24) is 5.32 Å². The van der Waals surface area contributed by atoms with E-state index >= 15 is 0 Å². The molecule has 0 spiro atoms. The standard InChI is InChI=1S/C20H27NO3/c1-3-23-20-13-17(14-21-10-5-11-22)8-9-19(20)24-15-18-7-4-6-16(2)12-18/h4,6-9,12-13,21-22H,3,5,10-11,14-15H2,1-2H3. The Balaban J connectivity index is 2.00. The Labute approximate surface area is 144 Å². The van der Waals surface area contributed by atoms with Gasteiger partial charge in [0.2, 0.25) is 0 Å². The van der Waals surface area contributed by atoms with Gasteiger partial charge in [0.25, 0.3) is 0 Å². The number of rotatable bonds is 10. The molecule has 0 atom stereocenters. The fourth-order valence-electron chi connectivity index (χ4n) is 2.45. The monoisotopic (exact) mass is 329 g/mol. The molecule has 0 amide bonds. The number of aliphatic hydroxyl groups is 1. The summed E-state index contributed by atoms with van der Waals surface area (Å²) in [7, 11) is 0. The van der Waals surface area contributed by atoms with Gasteiger partial charge in [0, 0.05) is 13.2 Å². The second kappa shape index (κ2) is 9.96. The van der Waals surface area contributed by atoms with Gasteiger partial charge in [-0.2, -0.15) is 0 Å². The number of hydrogen-bond donors (Lipinski definition) is 2. The first-order valence-corrected chi connectivity index (χ1v) is 8.48. The normalized spacial score (nSPS) is 10.6. The molecule has 24 heavy (non-hydrogen) atoms. The Morgan fingerprint density at radius 2 is 1.88 bits per heavy atom. The largest absolute Gasteiger partial charge is 0.490 e. The molecule has 4 nitrogen and oxygen atoms in total. The molecule has 130 valence electrons. The minimum Gasteiger partial charge on any atom is -0.490 e. The van der Waals surface area contributed by atoms with Gasteiger partial charge in [-0.15, -0.1) is 0 Å². The Bertz CT molecular complexity index is 628. The van der Waals surface area contributed by atoms with E-state index in [-0.39, 0.29) is 6.61 Å². The third-order valence-corrected chi connectivity index (χ3v) is 3.63. The molecule has 0 bridgehead atoms. The van der Waals surface area contributed by atoms with Crippen molar-refractivity contribution in [3.05, 3.63) is 59.2 Å². The van der Waals surface area contributed by atoms with Crippen LogP contribution in [0.4, 0.5) is 0 Å². The van der Waals surface area contributed by atoms with Crippen LogP contribution in [0.15, 0.2) is 42.5 Å². The van der Waals surface area contributed by atoms with Crippen LogP contribution in [-0.2, 0) is 13.2 Å². The van der Waals surface area contributed by atoms with E-state index < -0.39 is 0 Å². The quantitative estimate of drug-likeness (QED) is 0.656. The van der Waals surface area contributed by atoms with E-state index in [0.29, 0.717) is 13.2 Å². The molecule has 4 heteroatoms. The summed E-state index contributed by atoms with van der Waals surface area (Å²) < 4.78 is 11.7. The lowest BCUT2D eigenvalue weighted by molar-refractivity contribution is 0.269. The van der Waals surface area contributed by atoms with Crippen LogP contribution in [0, 0.1) is 6.92 Å². The van der Waals surface area contributed by atoms with Gasteiger partial charge >= 0.3 is 0 Å². The molecule has 0 saturated carbocycles. The summed E-state index contributed by atoms with van der Waals surface area (Å²) in [4.78, 5) is 0. The fourth-order valence-corrected chi connectivity index (χ4v) is 2.45. The first-order valence-electron chi connectivity index (χ1n) is 8.48. The first kappa shape index (κ1) is 18.3. The van der Waals surface area contributed by atoms with E-state index in [1.54, 1.807) is 0 Å². The minimum absolute atomic E-state index is 0.211.